The molecule has 0 saturated carbocycles. The van der Waals surface area contributed by atoms with Crippen molar-refractivity contribution in [3.05, 3.63) is 65.6 Å². The summed E-state index contributed by atoms with van der Waals surface area (Å²) in [5, 5.41) is 22.3. The van der Waals surface area contributed by atoms with Gasteiger partial charge in [-0.1, -0.05) is 0 Å². The molecule has 168 valence electrons. The van der Waals surface area contributed by atoms with Crippen molar-refractivity contribution in [1.29, 1.82) is 5.26 Å². The molecule has 0 unspecified atom stereocenters. The quantitative estimate of drug-likeness (QED) is 0.380. The van der Waals surface area contributed by atoms with E-state index in [0.717, 1.165) is 46.4 Å². The van der Waals surface area contributed by atoms with Crippen LogP contribution in [0.3, 0.4) is 0 Å². The van der Waals surface area contributed by atoms with E-state index >= 15 is 0 Å². The van der Waals surface area contributed by atoms with Gasteiger partial charge in [-0.15, -0.1) is 0 Å². The van der Waals surface area contributed by atoms with Gasteiger partial charge >= 0.3 is 0 Å². The second kappa shape index (κ2) is 7.93. The fraction of sp³-hybridized carbons (Fsp3) is 0.200. The lowest BCUT2D eigenvalue weighted by atomic mass is 10.0. The topological polar surface area (TPSA) is 107 Å². The van der Waals surface area contributed by atoms with Crippen molar-refractivity contribution in [2.45, 2.75) is 19.9 Å². The minimum absolute atomic E-state index is 0.335. The summed E-state index contributed by atoms with van der Waals surface area (Å²) in [4.78, 5) is 12.3. The first-order chi connectivity index (χ1) is 16.7. The van der Waals surface area contributed by atoms with Crippen LogP contribution < -0.4 is 10.6 Å². The van der Waals surface area contributed by atoms with E-state index in [2.05, 4.69) is 26.7 Å². The molecule has 1 aliphatic rings. The number of hydrogen-bond donors (Lipinski definition) is 3. The fourth-order valence-corrected chi connectivity index (χ4v) is 4.75. The predicted octanol–water partition coefficient (Wildman–Crippen LogP) is 4.05. The lowest BCUT2D eigenvalue weighted by Gasteiger charge is -2.18. The van der Waals surface area contributed by atoms with Gasteiger partial charge in [0.1, 0.15) is 17.5 Å². The van der Waals surface area contributed by atoms with E-state index in [9.17, 15) is 9.65 Å². The van der Waals surface area contributed by atoms with E-state index in [-0.39, 0.29) is 5.82 Å². The van der Waals surface area contributed by atoms with Gasteiger partial charge in [-0.25, -0.2) is 14.1 Å². The molecule has 0 spiro atoms. The lowest BCUT2D eigenvalue weighted by molar-refractivity contribution is 0.615. The average Bonchev–Trinajstić information content (AvgIpc) is 3.45. The third-order valence-corrected chi connectivity index (χ3v) is 6.24. The first-order valence-electron chi connectivity index (χ1n) is 11.2. The highest BCUT2D eigenvalue weighted by molar-refractivity contribution is 6.15. The summed E-state index contributed by atoms with van der Waals surface area (Å²) < 4.78 is 16.7. The average molecular weight is 452 g/mol. The Bertz CT molecular complexity index is 1610. The Morgan fingerprint density at radius 2 is 2.12 bits per heavy atom. The zero-order chi connectivity index (χ0) is 23.2. The van der Waals surface area contributed by atoms with Crippen molar-refractivity contribution in [1.82, 2.24) is 30.0 Å². The summed E-state index contributed by atoms with van der Waals surface area (Å²) in [5.41, 5.74) is 7.08. The number of aromatic nitrogens is 5. The molecule has 0 bridgehead atoms. The van der Waals surface area contributed by atoms with Crippen LogP contribution in [0.2, 0.25) is 0 Å². The second-order valence-electron chi connectivity index (χ2n) is 8.30. The Balaban J connectivity index is 1.75. The number of nitrogens with zero attached hydrogens (tertiary/aromatic N) is 5. The Morgan fingerprint density at radius 1 is 1.21 bits per heavy atom. The van der Waals surface area contributed by atoms with Crippen molar-refractivity contribution in [3.63, 3.8) is 0 Å². The number of aromatic amines is 1. The van der Waals surface area contributed by atoms with Crippen molar-refractivity contribution < 1.29 is 4.39 Å². The molecule has 0 saturated heterocycles. The molecule has 4 aromatic heterocycles. The number of nitrogens with one attached hydrogen (secondary N) is 3. The molecular formula is C25H21FN8. The van der Waals surface area contributed by atoms with Crippen LogP contribution in [0, 0.1) is 17.1 Å². The molecule has 0 amide bonds. The van der Waals surface area contributed by atoms with Crippen molar-refractivity contribution >= 4 is 27.6 Å². The Labute approximate surface area is 194 Å². The Kier molecular flexibility index (Phi) is 4.74. The van der Waals surface area contributed by atoms with Gasteiger partial charge in [-0.2, -0.15) is 10.4 Å². The number of hydrogen-bond acceptors (Lipinski definition) is 6. The number of H-pyrrole nitrogens is 1. The van der Waals surface area contributed by atoms with Crippen LogP contribution in [0.15, 0.2) is 43.0 Å². The highest BCUT2D eigenvalue weighted by Gasteiger charge is 2.24. The van der Waals surface area contributed by atoms with E-state index in [4.69, 9.17) is 10.1 Å². The highest BCUT2D eigenvalue weighted by atomic mass is 19.1. The fourth-order valence-electron chi connectivity index (χ4n) is 4.75. The maximum absolute atomic E-state index is 14.7. The molecule has 1 aromatic carbocycles. The molecule has 8 nitrogen and oxygen atoms in total. The summed E-state index contributed by atoms with van der Waals surface area (Å²) in [7, 11) is 0. The molecule has 5 aromatic rings. The predicted molar refractivity (Wildman–Crippen MR) is 128 cm³/mol. The molecule has 0 radical (unpaired) electrons. The molecule has 0 fully saturated rings. The van der Waals surface area contributed by atoms with Crippen LogP contribution in [0.4, 0.5) is 10.1 Å². The Hall–Kier alpha value is -4.29. The van der Waals surface area contributed by atoms with E-state index in [1.54, 1.807) is 18.5 Å². The second-order valence-corrected chi connectivity index (χ2v) is 8.30. The number of pyridine rings is 2. The van der Waals surface area contributed by atoms with Crippen LogP contribution in [0.25, 0.3) is 38.8 Å². The van der Waals surface area contributed by atoms with Crippen molar-refractivity contribution in [2.75, 3.05) is 18.4 Å². The first-order valence-corrected chi connectivity index (χ1v) is 11.2. The summed E-state index contributed by atoms with van der Waals surface area (Å²) >= 11 is 0. The molecule has 6 rings (SSSR count). The van der Waals surface area contributed by atoms with Gasteiger partial charge in [0.2, 0.25) is 0 Å². The van der Waals surface area contributed by atoms with Gasteiger partial charge in [-0.05, 0) is 43.7 Å². The van der Waals surface area contributed by atoms with Gasteiger partial charge in [0, 0.05) is 48.2 Å². The number of fused-ring (bicyclic) bond motifs is 4. The van der Waals surface area contributed by atoms with Crippen LogP contribution in [-0.2, 0) is 13.0 Å². The van der Waals surface area contributed by atoms with Crippen LogP contribution in [0.1, 0.15) is 23.7 Å². The number of nitriles is 1. The third kappa shape index (κ3) is 3.11. The van der Waals surface area contributed by atoms with Crippen molar-refractivity contribution in [3.8, 4) is 22.9 Å². The molecule has 0 atom stereocenters. The highest BCUT2D eigenvalue weighted by Crippen LogP contribution is 2.39. The van der Waals surface area contributed by atoms with Gasteiger partial charge in [0.25, 0.3) is 0 Å². The van der Waals surface area contributed by atoms with Crippen LogP contribution >= 0.6 is 0 Å². The summed E-state index contributed by atoms with van der Waals surface area (Å²) in [6, 6.07) is 6.96. The SMILES string of the molecule is CCNc1cc(F)cc2c1[nH]c1ncc(-c3cncc(C#N)c3)c(-n3ncc4c3CNCC4)c12. The van der Waals surface area contributed by atoms with E-state index < -0.39 is 0 Å². The summed E-state index contributed by atoms with van der Waals surface area (Å²) in [6.07, 6.45) is 7.78. The number of halogens is 1. The molecule has 34 heavy (non-hydrogen) atoms. The van der Waals surface area contributed by atoms with E-state index in [0.29, 0.717) is 35.4 Å². The molecule has 9 heteroatoms. The summed E-state index contributed by atoms with van der Waals surface area (Å²) in [6.45, 7) is 4.20. The minimum atomic E-state index is -0.335. The van der Waals surface area contributed by atoms with Gasteiger partial charge in [0.15, 0.2) is 0 Å². The maximum Gasteiger partial charge on any atom is 0.140 e. The molecular weight excluding hydrogens is 431 g/mol. The Morgan fingerprint density at radius 3 is 2.97 bits per heavy atom. The molecule has 5 heterocycles. The van der Waals surface area contributed by atoms with Gasteiger partial charge in [-0.3, -0.25) is 4.98 Å². The minimum Gasteiger partial charge on any atom is -0.384 e. The van der Waals surface area contributed by atoms with E-state index in [1.165, 1.54) is 23.9 Å². The molecule has 3 N–H and O–H groups in total. The third-order valence-electron chi connectivity index (χ3n) is 6.24. The van der Waals surface area contributed by atoms with Crippen LogP contribution in [0.5, 0.6) is 0 Å². The van der Waals surface area contributed by atoms with Gasteiger partial charge in [0.05, 0.1) is 39.7 Å². The monoisotopic (exact) mass is 452 g/mol. The van der Waals surface area contributed by atoms with Crippen LogP contribution in [-0.4, -0.2) is 37.8 Å². The van der Waals surface area contributed by atoms with Crippen molar-refractivity contribution in [2.24, 2.45) is 0 Å². The molecule has 1 aliphatic heterocycles. The lowest BCUT2D eigenvalue weighted by Crippen LogP contribution is -2.25. The first kappa shape index (κ1) is 20.3. The largest absolute Gasteiger partial charge is 0.384 e. The molecule has 0 aliphatic carbocycles. The van der Waals surface area contributed by atoms with E-state index in [1.807, 2.05) is 17.8 Å². The normalized spacial score (nSPS) is 13.2. The van der Waals surface area contributed by atoms with Gasteiger partial charge < -0.3 is 15.6 Å². The number of rotatable bonds is 4. The zero-order valence-corrected chi connectivity index (χ0v) is 18.5. The zero-order valence-electron chi connectivity index (χ0n) is 18.5. The number of benzene rings is 1. The number of anilines is 1. The smallest absolute Gasteiger partial charge is 0.140 e. The summed E-state index contributed by atoms with van der Waals surface area (Å²) in [5.74, 6) is -0.335. The maximum atomic E-state index is 14.7. The standard InChI is InChI=1S/C25H21FN8/c1-2-30-20-7-17(26)6-18-22-24(34-21-13-28-4-3-15(21)11-32-34)19(12-31-25(22)33-23(18)20)16-5-14(8-27)9-29-10-16/h5-7,9-12,28,30H,2-4,13H2,1H3,(H,31,33).